The number of ether oxygens (including phenoxy) is 2. The lowest BCUT2D eigenvalue weighted by atomic mass is 10.4. The maximum absolute atomic E-state index is 5.38. The van der Waals surface area contributed by atoms with E-state index < -0.39 is 0 Å². The number of hydrogen-bond donors (Lipinski definition) is 2. The molecule has 1 atom stereocenters. The Labute approximate surface area is 121 Å². The van der Waals surface area contributed by atoms with Crippen LogP contribution in [0.1, 0.15) is 33.0 Å². The van der Waals surface area contributed by atoms with E-state index in [1.165, 1.54) is 0 Å². The van der Waals surface area contributed by atoms with Crippen LogP contribution < -0.4 is 10.6 Å². The highest BCUT2D eigenvalue weighted by Crippen LogP contribution is 2.12. The van der Waals surface area contributed by atoms with Crippen molar-refractivity contribution in [3.63, 3.8) is 0 Å². The van der Waals surface area contributed by atoms with Gasteiger partial charge in [-0.25, -0.2) is 9.97 Å². The van der Waals surface area contributed by atoms with Crippen LogP contribution in [0, 0.1) is 0 Å². The Kier molecular flexibility index (Phi) is 7.91. The van der Waals surface area contributed by atoms with Crippen molar-refractivity contribution in [2.45, 2.75) is 39.9 Å². The smallest absolute Gasteiger partial charge is 0.158 e. The van der Waals surface area contributed by atoms with Gasteiger partial charge in [-0.1, -0.05) is 6.92 Å². The maximum Gasteiger partial charge on any atom is 0.158 e. The van der Waals surface area contributed by atoms with Crippen LogP contribution in [-0.2, 0) is 16.1 Å². The van der Waals surface area contributed by atoms with Gasteiger partial charge in [0, 0.05) is 32.9 Å². The van der Waals surface area contributed by atoms with Gasteiger partial charge in [-0.05, 0) is 20.3 Å². The van der Waals surface area contributed by atoms with E-state index in [0.717, 1.165) is 24.6 Å². The largest absolute Gasteiger partial charge is 0.380 e. The molecular formula is C14H26N4O2. The number of nitrogens with zero attached hydrogens (tertiary/aromatic N) is 2. The third kappa shape index (κ3) is 6.16. The molecule has 0 aromatic carbocycles. The molecular weight excluding hydrogens is 256 g/mol. The van der Waals surface area contributed by atoms with E-state index in [9.17, 15) is 0 Å². The molecule has 6 heteroatoms. The fourth-order valence-electron chi connectivity index (χ4n) is 1.52. The lowest BCUT2D eigenvalue weighted by Gasteiger charge is -2.13. The lowest BCUT2D eigenvalue weighted by Crippen LogP contribution is -2.19. The maximum atomic E-state index is 5.38. The molecule has 0 bridgehead atoms. The van der Waals surface area contributed by atoms with Gasteiger partial charge in [0.2, 0.25) is 0 Å². The first-order chi connectivity index (χ1) is 9.69. The van der Waals surface area contributed by atoms with Crippen LogP contribution in [0.5, 0.6) is 0 Å². The van der Waals surface area contributed by atoms with Gasteiger partial charge < -0.3 is 20.1 Å². The number of anilines is 2. The second-order valence-electron chi connectivity index (χ2n) is 4.55. The summed E-state index contributed by atoms with van der Waals surface area (Å²) in [6, 6.07) is 1.91. The third-order valence-corrected chi connectivity index (χ3v) is 2.74. The lowest BCUT2D eigenvalue weighted by molar-refractivity contribution is 0.127. The highest BCUT2D eigenvalue weighted by Gasteiger charge is 2.06. The summed E-state index contributed by atoms with van der Waals surface area (Å²) in [4.78, 5) is 8.88. The molecule has 0 saturated heterocycles. The second-order valence-corrected chi connectivity index (χ2v) is 4.55. The number of nitrogens with one attached hydrogen (secondary N) is 2. The van der Waals surface area contributed by atoms with Gasteiger partial charge in [0.25, 0.3) is 0 Å². The fraction of sp³-hybridized carbons (Fsp3) is 0.714. The van der Waals surface area contributed by atoms with Gasteiger partial charge >= 0.3 is 0 Å². The van der Waals surface area contributed by atoms with E-state index in [1.807, 2.05) is 19.9 Å². The Hall–Kier alpha value is -1.40. The average Bonchev–Trinajstić information content (AvgIpc) is 2.48. The molecule has 0 amide bonds. The van der Waals surface area contributed by atoms with Crippen LogP contribution in [0.4, 0.5) is 11.6 Å². The summed E-state index contributed by atoms with van der Waals surface area (Å²) >= 11 is 0. The van der Waals surface area contributed by atoms with Crippen molar-refractivity contribution in [3.8, 4) is 0 Å². The minimum Gasteiger partial charge on any atom is -0.380 e. The number of rotatable bonds is 10. The van der Waals surface area contributed by atoms with Crippen molar-refractivity contribution in [2.24, 2.45) is 0 Å². The SMILES string of the molecule is CCCNc1cc(NCC(C)OC)nc(COCC)n1. The molecule has 0 aliphatic rings. The Morgan fingerprint density at radius 3 is 2.50 bits per heavy atom. The van der Waals surface area contributed by atoms with Crippen molar-refractivity contribution in [2.75, 3.05) is 37.4 Å². The molecule has 0 spiro atoms. The molecule has 6 nitrogen and oxygen atoms in total. The predicted octanol–water partition coefficient (Wildman–Crippen LogP) is 2.28. The van der Waals surface area contributed by atoms with Crippen molar-refractivity contribution in [1.82, 2.24) is 9.97 Å². The summed E-state index contributed by atoms with van der Waals surface area (Å²) in [7, 11) is 1.70. The van der Waals surface area contributed by atoms with Crippen molar-refractivity contribution in [3.05, 3.63) is 11.9 Å². The van der Waals surface area contributed by atoms with E-state index in [0.29, 0.717) is 25.6 Å². The second kappa shape index (κ2) is 9.50. The van der Waals surface area contributed by atoms with E-state index in [4.69, 9.17) is 9.47 Å². The minimum atomic E-state index is 0.132. The molecule has 1 aromatic rings. The first-order valence-electron chi connectivity index (χ1n) is 7.15. The van der Waals surface area contributed by atoms with Crippen molar-refractivity contribution in [1.29, 1.82) is 0 Å². The normalized spacial score (nSPS) is 12.2. The molecule has 20 heavy (non-hydrogen) atoms. The molecule has 0 aliphatic heterocycles. The van der Waals surface area contributed by atoms with Crippen LogP contribution >= 0.6 is 0 Å². The highest BCUT2D eigenvalue weighted by atomic mass is 16.5. The quantitative estimate of drug-likeness (QED) is 0.686. The molecule has 114 valence electrons. The topological polar surface area (TPSA) is 68.3 Å². The summed E-state index contributed by atoms with van der Waals surface area (Å²) in [5.41, 5.74) is 0. The van der Waals surface area contributed by atoms with Crippen LogP contribution in [0.25, 0.3) is 0 Å². The van der Waals surface area contributed by atoms with Gasteiger partial charge in [-0.3, -0.25) is 0 Å². The Balaban J connectivity index is 2.73. The molecule has 0 radical (unpaired) electrons. The average molecular weight is 282 g/mol. The van der Waals surface area contributed by atoms with E-state index in [-0.39, 0.29) is 6.10 Å². The Morgan fingerprint density at radius 1 is 1.20 bits per heavy atom. The molecule has 1 unspecified atom stereocenters. The fourth-order valence-corrected chi connectivity index (χ4v) is 1.52. The van der Waals surface area contributed by atoms with E-state index in [2.05, 4.69) is 27.5 Å². The van der Waals surface area contributed by atoms with Crippen LogP contribution in [0.15, 0.2) is 6.07 Å². The molecule has 1 heterocycles. The highest BCUT2D eigenvalue weighted by molar-refractivity contribution is 5.47. The van der Waals surface area contributed by atoms with Gasteiger partial charge in [0.1, 0.15) is 18.2 Å². The van der Waals surface area contributed by atoms with Crippen LogP contribution in [-0.4, -0.2) is 42.9 Å². The summed E-state index contributed by atoms with van der Waals surface area (Å²) in [6.07, 6.45) is 1.18. The summed E-state index contributed by atoms with van der Waals surface area (Å²) in [6.45, 7) is 8.75. The van der Waals surface area contributed by atoms with Crippen molar-refractivity contribution >= 4 is 11.6 Å². The van der Waals surface area contributed by atoms with E-state index >= 15 is 0 Å². The molecule has 2 N–H and O–H groups in total. The standard InChI is InChI=1S/C14H26N4O2/c1-5-7-15-12-8-13(16-9-11(3)19-4)18-14(17-12)10-20-6-2/h8,11H,5-7,9-10H2,1-4H3,(H2,15,16,17,18). The number of methoxy groups -OCH3 is 1. The zero-order chi connectivity index (χ0) is 14.8. The van der Waals surface area contributed by atoms with Crippen LogP contribution in [0.3, 0.4) is 0 Å². The monoisotopic (exact) mass is 282 g/mol. The Morgan fingerprint density at radius 2 is 1.90 bits per heavy atom. The van der Waals surface area contributed by atoms with Crippen molar-refractivity contribution < 1.29 is 9.47 Å². The van der Waals surface area contributed by atoms with E-state index in [1.54, 1.807) is 7.11 Å². The van der Waals surface area contributed by atoms with Gasteiger partial charge in [0.15, 0.2) is 5.82 Å². The van der Waals surface area contributed by atoms with Gasteiger partial charge in [0.05, 0.1) is 6.10 Å². The molecule has 0 fully saturated rings. The predicted molar refractivity (Wildman–Crippen MR) is 81.1 cm³/mol. The van der Waals surface area contributed by atoms with Gasteiger partial charge in [-0.2, -0.15) is 0 Å². The Bertz CT molecular complexity index is 361. The third-order valence-electron chi connectivity index (χ3n) is 2.74. The zero-order valence-corrected chi connectivity index (χ0v) is 12.9. The zero-order valence-electron chi connectivity index (χ0n) is 12.9. The summed E-state index contributed by atoms with van der Waals surface area (Å²) < 4.78 is 10.6. The summed E-state index contributed by atoms with van der Waals surface area (Å²) in [5, 5.41) is 6.53. The molecule has 0 aliphatic carbocycles. The number of aromatic nitrogens is 2. The van der Waals surface area contributed by atoms with Crippen LogP contribution in [0.2, 0.25) is 0 Å². The molecule has 1 aromatic heterocycles. The molecule has 1 rings (SSSR count). The van der Waals surface area contributed by atoms with Gasteiger partial charge in [-0.15, -0.1) is 0 Å². The number of hydrogen-bond acceptors (Lipinski definition) is 6. The molecule has 0 saturated carbocycles. The first kappa shape index (κ1) is 16.7. The minimum absolute atomic E-state index is 0.132. The summed E-state index contributed by atoms with van der Waals surface area (Å²) in [5.74, 6) is 2.29. The first-order valence-corrected chi connectivity index (χ1v) is 7.15.